The molecule has 1 heterocycles. The molecule has 0 saturated heterocycles. The van der Waals surface area contributed by atoms with Gasteiger partial charge in [-0.15, -0.1) is 11.3 Å². The number of sulfonamides is 1. The Kier molecular flexibility index (Phi) is 9.70. The molecule has 0 radical (unpaired) electrons. The lowest BCUT2D eigenvalue weighted by Gasteiger charge is -2.18. The molecule has 0 aliphatic heterocycles. The molecular formula is C29H38N4O2S2. The van der Waals surface area contributed by atoms with E-state index < -0.39 is 15.6 Å². The Labute approximate surface area is 225 Å². The van der Waals surface area contributed by atoms with Gasteiger partial charge in [-0.25, -0.2) is 18.1 Å². The summed E-state index contributed by atoms with van der Waals surface area (Å²) in [6.07, 6.45) is 1.18. The number of hydrogen-bond acceptors (Lipinski definition) is 6. The van der Waals surface area contributed by atoms with Crippen LogP contribution >= 0.6 is 11.3 Å². The van der Waals surface area contributed by atoms with E-state index >= 15 is 0 Å². The van der Waals surface area contributed by atoms with Gasteiger partial charge in [0.15, 0.2) is 0 Å². The number of fused-ring (bicyclic) bond motifs is 1. The summed E-state index contributed by atoms with van der Waals surface area (Å²) >= 11 is 1.18. The fourth-order valence-corrected chi connectivity index (χ4v) is 6.44. The van der Waals surface area contributed by atoms with Crippen LogP contribution in [0.25, 0.3) is 10.2 Å². The van der Waals surface area contributed by atoms with Crippen molar-refractivity contribution in [2.45, 2.75) is 63.9 Å². The highest BCUT2D eigenvalue weighted by Gasteiger charge is 2.25. The maximum Gasteiger partial charge on any atom is 0.268 e. The van der Waals surface area contributed by atoms with Crippen LogP contribution in [-0.2, 0) is 10.0 Å². The standard InChI is InChI=1S/C18H24N2.C11H14N2O2S2/c1-14(2)13-15(3)19-17-9-11-18(12-10-17)20-16-7-5-4-6-8-16;1-11(2,3)13-17(14,15)10-12-8-6-4-5-7-9(8)16-10/h4-12,14-15,19-20H,13H2,1-3H3;4-7,13H,1-3H3. The topological polar surface area (TPSA) is 83.1 Å². The van der Waals surface area contributed by atoms with E-state index in [1.165, 1.54) is 23.4 Å². The zero-order chi connectivity index (χ0) is 27.1. The molecular weight excluding hydrogens is 500 g/mol. The molecule has 0 amide bonds. The van der Waals surface area contributed by atoms with Crippen LogP contribution in [0.15, 0.2) is 83.2 Å². The van der Waals surface area contributed by atoms with E-state index in [1.807, 2.05) is 42.5 Å². The van der Waals surface area contributed by atoms with Crippen molar-refractivity contribution in [3.05, 3.63) is 78.9 Å². The third kappa shape index (κ3) is 9.46. The van der Waals surface area contributed by atoms with Crippen LogP contribution in [0, 0.1) is 5.92 Å². The molecule has 0 bridgehead atoms. The largest absolute Gasteiger partial charge is 0.383 e. The molecule has 0 aliphatic rings. The van der Waals surface area contributed by atoms with Gasteiger partial charge in [0.2, 0.25) is 4.34 Å². The number of thiazole rings is 1. The second-order valence-electron chi connectivity index (χ2n) is 10.5. The lowest BCUT2D eigenvalue weighted by Crippen LogP contribution is -2.40. The number of hydrogen-bond donors (Lipinski definition) is 3. The smallest absolute Gasteiger partial charge is 0.268 e. The molecule has 198 valence electrons. The van der Waals surface area contributed by atoms with Crippen LogP contribution in [0.1, 0.15) is 48.0 Å². The van der Waals surface area contributed by atoms with Crippen LogP contribution in [0.3, 0.4) is 0 Å². The predicted molar refractivity (Wildman–Crippen MR) is 158 cm³/mol. The molecule has 1 unspecified atom stereocenters. The zero-order valence-corrected chi connectivity index (χ0v) is 24.1. The Morgan fingerprint density at radius 2 is 1.38 bits per heavy atom. The van der Waals surface area contributed by atoms with Gasteiger partial charge < -0.3 is 10.6 Å². The second-order valence-corrected chi connectivity index (χ2v) is 13.4. The van der Waals surface area contributed by atoms with Crippen molar-refractivity contribution in [3.63, 3.8) is 0 Å². The van der Waals surface area contributed by atoms with Gasteiger partial charge in [0, 0.05) is 28.6 Å². The van der Waals surface area contributed by atoms with Crippen molar-refractivity contribution in [3.8, 4) is 0 Å². The number of rotatable bonds is 8. The minimum Gasteiger partial charge on any atom is -0.383 e. The Balaban J connectivity index is 0.000000208. The van der Waals surface area contributed by atoms with Crippen molar-refractivity contribution in [1.82, 2.24) is 9.71 Å². The van der Waals surface area contributed by atoms with Gasteiger partial charge in [-0.3, -0.25) is 0 Å². The Hall–Kier alpha value is -2.94. The summed E-state index contributed by atoms with van der Waals surface area (Å²) in [7, 11) is -3.52. The van der Waals surface area contributed by atoms with Crippen LogP contribution in [0.2, 0.25) is 0 Å². The average Bonchev–Trinajstić information content (AvgIpc) is 3.25. The molecule has 6 nitrogen and oxygen atoms in total. The first-order valence-corrected chi connectivity index (χ1v) is 14.8. The molecule has 0 spiro atoms. The molecule has 37 heavy (non-hydrogen) atoms. The van der Waals surface area contributed by atoms with E-state index in [0.717, 1.165) is 22.0 Å². The quantitative estimate of drug-likeness (QED) is 0.215. The van der Waals surface area contributed by atoms with E-state index in [-0.39, 0.29) is 4.34 Å². The Bertz CT molecular complexity index is 1330. The number of nitrogens with one attached hydrogen (secondary N) is 3. The molecule has 3 aromatic carbocycles. The predicted octanol–water partition coefficient (Wildman–Crippen LogP) is 7.65. The van der Waals surface area contributed by atoms with Crippen molar-refractivity contribution in [1.29, 1.82) is 0 Å². The third-order valence-corrected chi connectivity index (χ3v) is 8.30. The van der Waals surface area contributed by atoms with E-state index in [1.54, 1.807) is 20.8 Å². The number of para-hydroxylation sites is 2. The number of anilines is 3. The minimum absolute atomic E-state index is 0.119. The molecule has 3 N–H and O–H groups in total. The number of nitrogens with zero attached hydrogens (tertiary/aromatic N) is 1. The lowest BCUT2D eigenvalue weighted by atomic mass is 10.1. The first-order valence-electron chi connectivity index (χ1n) is 12.5. The summed E-state index contributed by atoms with van der Waals surface area (Å²) in [5, 5.41) is 6.93. The highest BCUT2D eigenvalue weighted by Crippen LogP contribution is 2.25. The third-order valence-electron chi connectivity index (χ3n) is 5.13. The molecule has 4 rings (SSSR count). The molecule has 1 atom stereocenters. The summed E-state index contributed by atoms with van der Waals surface area (Å²) in [6.45, 7) is 12.2. The first-order chi connectivity index (χ1) is 17.4. The van der Waals surface area contributed by atoms with E-state index in [2.05, 4.69) is 77.5 Å². The van der Waals surface area contributed by atoms with Crippen LogP contribution < -0.4 is 15.4 Å². The summed E-state index contributed by atoms with van der Waals surface area (Å²) in [6, 6.07) is 26.6. The minimum atomic E-state index is -3.52. The monoisotopic (exact) mass is 538 g/mol. The summed E-state index contributed by atoms with van der Waals surface area (Å²) in [5.74, 6) is 0.719. The molecule has 0 fully saturated rings. The summed E-state index contributed by atoms with van der Waals surface area (Å²) in [5.41, 5.74) is 3.61. The molecule has 0 aliphatic carbocycles. The van der Waals surface area contributed by atoms with Gasteiger partial charge in [-0.05, 0) is 88.6 Å². The molecule has 8 heteroatoms. The van der Waals surface area contributed by atoms with Gasteiger partial charge in [-0.1, -0.05) is 44.2 Å². The Morgan fingerprint density at radius 1 is 0.811 bits per heavy atom. The molecule has 0 saturated carbocycles. The lowest BCUT2D eigenvalue weighted by molar-refractivity contribution is 0.491. The van der Waals surface area contributed by atoms with Crippen molar-refractivity contribution < 1.29 is 8.42 Å². The highest BCUT2D eigenvalue weighted by atomic mass is 32.2. The fourth-order valence-electron chi connectivity index (χ4n) is 3.80. The summed E-state index contributed by atoms with van der Waals surface area (Å²) < 4.78 is 27.7. The normalized spacial score (nSPS) is 12.6. The Morgan fingerprint density at radius 3 is 1.97 bits per heavy atom. The van der Waals surface area contributed by atoms with Gasteiger partial charge in [0.25, 0.3) is 10.0 Å². The van der Waals surface area contributed by atoms with E-state index in [9.17, 15) is 8.42 Å². The zero-order valence-electron chi connectivity index (χ0n) is 22.4. The number of aromatic nitrogens is 1. The number of benzene rings is 3. The maximum absolute atomic E-state index is 12.1. The van der Waals surface area contributed by atoms with Crippen LogP contribution in [0.5, 0.6) is 0 Å². The van der Waals surface area contributed by atoms with Crippen molar-refractivity contribution in [2.75, 3.05) is 10.6 Å². The molecule has 1 aromatic heterocycles. The van der Waals surface area contributed by atoms with E-state index in [4.69, 9.17) is 0 Å². The van der Waals surface area contributed by atoms with E-state index in [0.29, 0.717) is 11.6 Å². The summed E-state index contributed by atoms with van der Waals surface area (Å²) in [4.78, 5) is 4.14. The fraction of sp³-hybridized carbons (Fsp3) is 0.345. The van der Waals surface area contributed by atoms with Gasteiger partial charge in [0.05, 0.1) is 10.2 Å². The van der Waals surface area contributed by atoms with Crippen molar-refractivity contribution >= 4 is 48.6 Å². The molecule has 4 aromatic rings. The maximum atomic E-state index is 12.1. The van der Waals surface area contributed by atoms with Crippen molar-refractivity contribution in [2.24, 2.45) is 5.92 Å². The highest BCUT2D eigenvalue weighted by molar-refractivity contribution is 7.91. The average molecular weight is 539 g/mol. The van der Waals surface area contributed by atoms with Crippen LogP contribution in [0.4, 0.5) is 17.1 Å². The van der Waals surface area contributed by atoms with Crippen LogP contribution in [-0.4, -0.2) is 25.0 Å². The first kappa shape index (κ1) is 28.6. The van der Waals surface area contributed by atoms with Gasteiger partial charge in [0.1, 0.15) is 0 Å². The van der Waals surface area contributed by atoms with Gasteiger partial charge in [-0.2, -0.15) is 0 Å². The SMILES string of the molecule is CC(C)(C)NS(=O)(=O)c1nc2ccccc2s1.CC(C)CC(C)Nc1ccc(Nc2ccccc2)cc1. The van der Waals surface area contributed by atoms with Gasteiger partial charge >= 0.3 is 0 Å². The second kappa shape index (κ2) is 12.5.